The fourth-order valence-corrected chi connectivity index (χ4v) is 2.33. The van der Waals surface area contributed by atoms with Crippen LogP contribution < -0.4 is 5.32 Å². The zero-order chi connectivity index (χ0) is 13.8. The molecule has 4 heteroatoms. The van der Waals surface area contributed by atoms with Crippen LogP contribution >= 0.6 is 0 Å². The zero-order valence-corrected chi connectivity index (χ0v) is 11.6. The van der Waals surface area contributed by atoms with Crippen molar-refractivity contribution in [3.8, 4) is 0 Å². The molecule has 0 spiro atoms. The molecule has 1 amide bonds. The molecule has 1 aliphatic carbocycles. The van der Waals surface area contributed by atoms with Crippen molar-refractivity contribution in [1.29, 1.82) is 0 Å². The number of aliphatic hydroxyl groups is 1. The molecule has 1 fully saturated rings. The first kappa shape index (κ1) is 14.0. The Labute approximate surface area is 114 Å². The zero-order valence-electron chi connectivity index (χ0n) is 11.6. The van der Waals surface area contributed by atoms with Gasteiger partial charge in [0.25, 0.3) is 5.91 Å². The van der Waals surface area contributed by atoms with Crippen LogP contribution in [0.15, 0.2) is 24.3 Å². The van der Waals surface area contributed by atoms with E-state index >= 15 is 0 Å². The smallest absolute Gasteiger partial charge is 0.251 e. The van der Waals surface area contributed by atoms with Gasteiger partial charge >= 0.3 is 0 Å². The Morgan fingerprint density at radius 1 is 1.32 bits per heavy atom. The van der Waals surface area contributed by atoms with Gasteiger partial charge in [0.1, 0.15) is 0 Å². The maximum absolute atomic E-state index is 11.9. The van der Waals surface area contributed by atoms with Gasteiger partial charge in [-0.05, 0) is 50.6 Å². The van der Waals surface area contributed by atoms with E-state index in [-0.39, 0.29) is 12.0 Å². The highest BCUT2D eigenvalue weighted by Crippen LogP contribution is 2.26. The second-order valence-corrected chi connectivity index (χ2v) is 5.64. The molecule has 1 aromatic rings. The summed E-state index contributed by atoms with van der Waals surface area (Å²) in [5.74, 6) is 0.407. The Kier molecular flexibility index (Phi) is 4.56. The minimum absolute atomic E-state index is 0.0298. The lowest BCUT2D eigenvalue weighted by Crippen LogP contribution is -2.38. The van der Waals surface area contributed by atoms with E-state index in [9.17, 15) is 9.90 Å². The summed E-state index contributed by atoms with van der Waals surface area (Å²) in [5, 5.41) is 12.1. The van der Waals surface area contributed by atoms with Crippen LogP contribution in [0.4, 0.5) is 0 Å². The number of carbonyl (C=O) groups excluding carboxylic acids is 1. The minimum Gasteiger partial charge on any atom is -0.393 e. The molecule has 19 heavy (non-hydrogen) atoms. The van der Waals surface area contributed by atoms with Crippen molar-refractivity contribution >= 4 is 5.91 Å². The van der Waals surface area contributed by atoms with Crippen LogP contribution in [-0.4, -0.2) is 42.7 Å². The minimum atomic E-state index is -0.160. The summed E-state index contributed by atoms with van der Waals surface area (Å²) >= 11 is 0. The SMILES string of the molecule is CN(C)Cc1ccc(C(=O)NCC2CC(O)C2)cc1. The van der Waals surface area contributed by atoms with E-state index in [1.807, 2.05) is 38.4 Å². The molecule has 1 aliphatic rings. The first-order chi connectivity index (χ1) is 9.04. The molecule has 0 saturated heterocycles. The average Bonchev–Trinajstić information content (AvgIpc) is 2.33. The molecular formula is C15H22N2O2. The van der Waals surface area contributed by atoms with E-state index in [1.54, 1.807) is 0 Å². The van der Waals surface area contributed by atoms with Crippen LogP contribution in [0.5, 0.6) is 0 Å². The third-order valence-electron chi connectivity index (χ3n) is 3.48. The van der Waals surface area contributed by atoms with E-state index in [0.29, 0.717) is 18.0 Å². The summed E-state index contributed by atoms with van der Waals surface area (Å²) < 4.78 is 0. The number of rotatable bonds is 5. The summed E-state index contributed by atoms with van der Waals surface area (Å²) in [6.07, 6.45) is 1.46. The molecule has 1 saturated carbocycles. The first-order valence-electron chi connectivity index (χ1n) is 6.74. The number of benzene rings is 1. The van der Waals surface area contributed by atoms with Gasteiger partial charge in [-0.2, -0.15) is 0 Å². The predicted octanol–water partition coefficient (Wildman–Crippen LogP) is 1.25. The van der Waals surface area contributed by atoms with Gasteiger partial charge in [0, 0.05) is 18.7 Å². The summed E-state index contributed by atoms with van der Waals surface area (Å²) in [7, 11) is 4.04. The molecule has 0 heterocycles. The number of hydrogen-bond donors (Lipinski definition) is 2. The van der Waals surface area contributed by atoms with Gasteiger partial charge in [0.2, 0.25) is 0 Å². The highest BCUT2D eigenvalue weighted by molar-refractivity contribution is 5.94. The molecule has 0 radical (unpaired) electrons. The predicted molar refractivity (Wildman–Crippen MR) is 74.9 cm³/mol. The quantitative estimate of drug-likeness (QED) is 0.839. The third-order valence-corrected chi connectivity index (χ3v) is 3.48. The topological polar surface area (TPSA) is 52.6 Å². The second kappa shape index (κ2) is 6.17. The van der Waals surface area contributed by atoms with Gasteiger partial charge in [-0.15, -0.1) is 0 Å². The van der Waals surface area contributed by atoms with Crippen LogP contribution in [0.2, 0.25) is 0 Å². The molecule has 4 nitrogen and oxygen atoms in total. The lowest BCUT2D eigenvalue weighted by atomic mass is 9.82. The molecular weight excluding hydrogens is 240 g/mol. The average molecular weight is 262 g/mol. The highest BCUT2D eigenvalue weighted by atomic mass is 16.3. The lowest BCUT2D eigenvalue weighted by Gasteiger charge is -2.31. The van der Waals surface area contributed by atoms with Gasteiger partial charge in [0.15, 0.2) is 0 Å². The van der Waals surface area contributed by atoms with Crippen LogP contribution in [-0.2, 0) is 6.54 Å². The van der Waals surface area contributed by atoms with Gasteiger partial charge in [-0.1, -0.05) is 12.1 Å². The standard InChI is InChI=1S/C15H22N2O2/c1-17(2)10-11-3-5-13(6-4-11)15(19)16-9-12-7-14(18)8-12/h3-6,12,14,18H,7-10H2,1-2H3,(H,16,19). The Balaban J connectivity index is 1.81. The molecule has 0 aliphatic heterocycles. The van der Waals surface area contributed by atoms with Crippen molar-refractivity contribution in [2.24, 2.45) is 5.92 Å². The van der Waals surface area contributed by atoms with Crippen molar-refractivity contribution in [3.63, 3.8) is 0 Å². The Bertz CT molecular complexity index is 422. The van der Waals surface area contributed by atoms with E-state index in [2.05, 4.69) is 10.2 Å². The normalized spacial score (nSPS) is 22.1. The van der Waals surface area contributed by atoms with E-state index in [1.165, 1.54) is 5.56 Å². The highest BCUT2D eigenvalue weighted by Gasteiger charge is 2.27. The van der Waals surface area contributed by atoms with Crippen LogP contribution in [0.3, 0.4) is 0 Å². The van der Waals surface area contributed by atoms with Gasteiger partial charge in [0.05, 0.1) is 6.10 Å². The van der Waals surface area contributed by atoms with Crippen LogP contribution in [0.25, 0.3) is 0 Å². The second-order valence-electron chi connectivity index (χ2n) is 5.64. The Hall–Kier alpha value is -1.39. The molecule has 104 valence electrons. The van der Waals surface area contributed by atoms with Crippen LogP contribution in [0.1, 0.15) is 28.8 Å². The fourth-order valence-electron chi connectivity index (χ4n) is 2.33. The molecule has 0 atom stereocenters. The summed E-state index contributed by atoms with van der Waals surface area (Å²) in [4.78, 5) is 14.0. The van der Waals surface area contributed by atoms with Crippen molar-refractivity contribution in [2.75, 3.05) is 20.6 Å². The molecule has 2 N–H and O–H groups in total. The van der Waals surface area contributed by atoms with Gasteiger partial charge < -0.3 is 15.3 Å². The number of nitrogens with one attached hydrogen (secondary N) is 1. The monoisotopic (exact) mass is 262 g/mol. The van der Waals surface area contributed by atoms with Crippen molar-refractivity contribution in [1.82, 2.24) is 10.2 Å². The van der Waals surface area contributed by atoms with Crippen LogP contribution in [0, 0.1) is 5.92 Å². The van der Waals surface area contributed by atoms with E-state index < -0.39 is 0 Å². The maximum Gasteiger partial charge on any atom is 0.251 e. The number of nitrogens with zero attached hydrogens (tertiary/aromatic N) is 1. The number of hydrogen-bond acceptors (Lipinski definition) is 3. The molecule has 2 rings (SSSR count). The molecule has 0 unspecified atom stereocenters. The summed E-state index contributed by atoms with van der Waals surface area (Å²) in [6, 6.07) is 7.71. The third kappa shape index (κ3) is 4.04. The first-order valence-corrected chi connectivity index (χ1v) is 6.74. The Morgan fingerprint density at radius 3 is 2.47 bits per heavy atom. The van der Waals surface area contributed by atoms with Crippen molar-refractivity contribution in [3.05, 3.63) is 35.4 Å². The Morgan fingerprint density at radius 2 is 1.95 bits per heavy atom. The number of aliphatic hydroxyl groups excluding tert-OH is 1. The van der Waals surface area contributed by atoms with Crippen molar-refractivity contribution in [2.45, 2.75) is 25.5 Å². The maximum atomic E-state index is 11.9. The molecule has 1 aromatic carbocycles. The molecule has 0 aromatic heterocycles. The van der Waals surface area contributed by atoms with E-state index in [0.717, 1.165) is 19.4 Å². The number of carbonyl (C=O) groups is 1. The summed E-state index contributed by atoms with van der Waals surface area (Å²) in [6.45, 7) is 1.54. The van der Waals surface area contributed by atoms with Crippen molar-refractivity contribution < 1.29 is 9.90 Å². The van der Waals surface area contributed by atoms with E-state index in [4.69, 9.17) is 0 Å². The summed E-state index contributed by atoms with van der Waals surface area (Å²) in [5.41, 5.74) is 1.89. The lowest BCUT2D eigenvalue weighted by molar-refractivity contribution is 0.0420. The number of amides is 1. The molecule has 0 bridgehead atoms. The fraction of sp³-hybridized carbons (Fsp3) is 0.533. The van der Waals surface area contributed by atoms with Gasteiger partial charge in [-0.25, -0.2) is 0 Å². The van der Waals surface area contributed by atoms with Gasteiger partial charge in [-0.3, -0.25) is 4.79 Å². The largest absolute Gasteiger partial charge is 0.393 e.